The maximum Gasteiger partial charge on any atom is 0.225 e. The van der Waals surface area contributed by atoms with E-state index in [0.717, 1.165) is 28.0 Å². The normalized spacial score (nSPS) is 13.0. The second kappa shape index (κ2) is 8.82. The summed E-state index contributed by atoms with van der Waals surface area (Å²) in [4.78, 5) is 26.3. The van der Waals surface area contributed by atoms with Gasteiger partial charge in [0.15, 0.2) is 0 Å². The zero-order valence-corrected chi connectivity index (χ0v) is 17.1. The number of nitrogens with zero attached hydrogens (tertiary/aromatic N) is 1. The molecule has 0 saturated carbocycles. The summed E-state index contributed by atoms with van der Waals surface area (Å²) in [7, 11) is 3.34. The van der Waals surface area contributed by atoms with Gasteiger partial charge >= 0.3 is 0 Å². The molecule has 152 valence electrons. The van der Waals surface area contributed by atoms with Crippen molar-refractivity contribution in [3.63, 3.8) is 0 Å². The molecule has 0 bridgehead atoms. The number of para-hydroxylation sites is 1. The van der Waals surface area contributed by atoms with Crippen LogP contribution in [0, 0.1) is 0 Å². The lowest BCUT2D eigenvalue weighted by Crippen LogP contribution is -2.35. The quantitative estimate of drug-likeness (QED) is 0.651. The molecule has 0 aliphatic rings. The minimum atomic E-state index is -0.420. The lowest BCUT2D eigenvalue weighted by molar-refractivity contribution is -0.133. The molecule has 0 radical (unpaired) electrons. The number of ether oxygens (including phenoxy) is 1. The summed E-state index contributed by atoms with van der Waals surface area (Å²) in [6.07, 6.45) is 0.146. The predicted octanol–water partition coefficient (Wildman–Crippen LogP) is 4.23. The van der Waals surface area contributed by atoms with Crippen LogP contribution in [-0.4, -0.2) is 30.9 Å². The van der Waals surface area contributed by atoms with Gasteiger partial charge in [0.2, 0.25) is 11.8 Å². The van der Waals surface area contributed by atoms with Crippen molar-refractivity contribution in [2.24, 2.45) is 0 Å². The molecule has 0 fully saturated rings. The van der Waals surface area contributed by atoms with E-state index in [1.807, 2.05) is 61.5 Å². The molecule has 0 saturated heterocycles. The first-order chi connectivity index (χ1) is 13.9. The molecule has 29 heavy (non-hydrogen) atoms. The SMILES string of the molecule is COc1ccc(C(CC(=O)N(C)C(C)c2cc3ccccc3o2)NC(C)=O)cc1. The molecule has 2 aromatic carbocycles. The number of carbonyl (C=O) groups excluding carboxylic acids is 2. The number of hydrogen-bond acceptors (Lipinski definition) is 4. The van der Waals surface area contributed by atoms with Crippen molar-refractivity contribution in [1.29, 1.82) is 0 Å². The summed E-state index contributed by atoms with van der Waals surface area (Å²) in [5.74, 6) is 1.17. The molecule has 0 aliphatic heterocycles. The van der Waals surface area contributed by atoms with Gasteiger partial charge in [-0.25, -0.2) is 0 Å². The van der Waals surface area contributed by atoms with Crippen LogP contribution in [-0.2, 0) is 9.59 Å². The van der Waals surface area contributed by atoms with Crippen LogP contribution in [0.15, 0.2) is 59.0 Å². The maximum absolute atomic E-state index is 13.0. The molecule has 3 aromatic rings. The van der Waals surface area contributed by atoms with E-state index < -0.39 is 6.04 Å². The third-order valence-corrected chi connectivity index (χ3v) is 5.11. The van der Waals surface area contributed by atoms with E-state index in [9.17, 15) is 9.59 Å². The number of benzene rings is 2. The van der Waals surface area contributed by atoms with Gasteiger partial charge in [0.1, 0.15) is 17.1 Å². The van der Waals surface area contributed by atoms with Gasteiger partial charge in [-0.3, -0.25) is 9.59 Å². The second-order valence-electron chi connectivity index (χ2n) is 7.10. The molecule has 6 heteroatoms. The Hall–Kier alpha value is -3.28. The number of rotatable bonds is 7. The monoisotopic (exact) mass is 394 g/mol. The van der Waals surface area contributed by atoms with Crippen molar-refractivity contribution in [1.82, 2.24) is 10.2 Å². The Kier molecular flexibility index (Phi) is 6.22. The minimum absolute atomic E-state index is 0.0903. The third-order valence-electron chi connectivity index (χ3n) is 5.11. The first-order valence-corrected chi connectivity index (χ1v) is 9.54. The Morgan fingerprint density at radius 3 is 2.45 bits per heavy atom. The summed E-state index contributed by atoms with van der Waals surface area (Å²) in [6.45, 7) is 3.37. The molecular formula is C23H26N2O4. The van der Waals surface area contributed by atoms with E-state index in [0.29, 0.717) is 0 Å². The molecule has 0 aliphatic carbocycles. The number of amides is 2. The Balaban J connectivity index is 1.75. The molecule has 1 aromatic heterocycles. The van der Waals surface area contributed by atoms with Crippen molar-refractivity contribution >= 4 is 22.8 Å². The van der Waals surface area contributed by atoms with Gasteiger partial charge in [-0.1, -0.05) is 30.3 Å². The van der Waals surface area contributed by atoms with Crippen molar-refractivity contribution in [2.75, 3.05) is 14.2 Å². The van der Waals surface area contributed by atoms with Crippen LogP contribution < -0.4 is 10.1 Å². The van der Waals surface area contributed by atoms with Crippen LogP contribution in [0.1, 0.15) is 43.7 Å². The molecule has 2 amide bonds. The summed E-state index contributed by atoms with van der Waals surface area (Å²) >= 11 is 0. The van der Waals surface area contributed by atoms with Crippen molar-refractivity contribution < 1.29 is 18.7 Å². The number of methoxy groups -OCH3 is 1. The number of fused-ring (bicyclic) bond motifs is 1. The van der Waals surface area contributed by atoms with E-state index in [2.05, 4.69) is 5.32 Å². The van der Waals surface area contributed by atoms with Gasteiger partial charge in [-0.15, -0.1) is 0 Å². The zero-order chi connectivity index (χ0) is 21.0. The topological polar surface area (TPSA) is 71.8 Å². The molecular weight excluding hydrogens is 368 g/mol. The standard InChI is InChI=1S/C23H26N2O4/c1-15(22-13-18-7-5-6-8-21(18)29-22)25(3)23(27)14-20(24-16(2)26)17-9-11-19(28-4)12-10-17/h5-13,15,20H,14H2,1-4H3,(H,24,26). The summed E-state index contributed by atoms with van der Waals surface area (Å²) in [6, 6.07) is 16.4. The van der Waals surface area contributed by atoms with E-state index in [-0.39, 0.29) is 24.3 Å². The van der Waals surface area contributed by atoms with Crippen molar-refractivity contribution in [3.8, 4) is 5.75 Å². The summed E-state index contributed by atoms with van der Waals surface area (Å²) in [5.41, 5.74) is 1.64. The highest BCUT2D eigenvalue weighted by Gasteiger charge is 2.24. The van der Waals surface area contributed by atoms with E-state index >= 15 is 0 Å². The Labute approximate surface area is 170 Å². The van der Waals surface area contributed by atoms with Crippen molar-refractivity contribution in [2.45, 2.75) is 32.4 Å². The average Bonchev–Trinajstić information content (AvgIpc) is 3.16. The predicted molar refractivity (Wildman–Crippen MR) is 112 cm³/mol. The van der Waals surface area contributed by atoms with Crippen molar-refractivity contribution in [3.05, 3.63) is 65.9 Å². The van der Waals surface area contributed by atoms with Gasteiger partial charge in [-0.05, 0) is 36.8 Å². The van der Waals surface area contributed by atoms with E-state index in [1.165, 1.54) is 6.92 Å². The number of carbonyl (C=O) groups is 2. The van der Waals surface area contributed by atoms with Crippen LogP contribution in [0.25, 0.3) is 11.0 Å². The zero-order valence-electron chi connectivity index (χ0n) is 17.1. The van der Waals surface area contributed by atoms with Gasteiger partial charge in [0.25, 0.3) is 0 Å². The lowest BCUT2D eigenvalue weighted by atomic mass is 10.0. The largest absolute Gasteiger partial charge is 0.497 e. The first kappa shape index (κ1) is 20.5. The molecule has 2 atom stereocenters. The van der Waals surface area contributed by atoms with Crippen LogP contribution in [0.3, 0.4) is 0 Å². The maximum atomic E-state index is 13.0. The lowest BCUT2D eigenvalue weighted by Gasteiger charge is -2.26. The van der Waals surface area contributed by atoms with E-state index in [4.69, 9.17) is 9.15 Å². The molecule has 2 unspecified atom stereocenters. The third kappa shape index (κ3) is 4.77. The average molecular weight is 394 g/mol. The Bertz CT molecular complexity index is 961. The van der Waals surface area contributed by atoms with Gasteiger partial charge in [-0.2, -0.15) is 0 Å². The highest BCUT2D eigenvalue weighted by Crippen LogP contribution is 2.28. The molecule has 0 spiro atoms. The fourth-order valence-corrected chi connectivity index (χ4v) is 3.27. The minimum Gasteiger partial charge on any atom is -0.497 e. The molecule has 1 heterocycles. The van der Waals surface area contributed by atoms with Crippen LogP contribution in [0.5, 0.6) is 5.75 Å². The van der Waals surface area contributed by atoms with Crippen LogP contribution in [0.2, 0.25) is 0 Å². The Morgan fingerprint density at radius 1 is 1.14 bits per heavy atom. The molecule has 3 rings (SSSR count). The smallest absolute Gasteiger partial charge is 0.225 e. The number of nitrogens with one attached hydrogen (secondary N) is 1. The highest BCUT2D eigenvalue weighted by molar-refractivity contribution is 5.80. The highest BCUT2D eigenvalue weighted by atomic mass is 16.5. The summed E-state index contributed by atoms with van der Waals surface area (Å²) < 4.78 is 11.1. The van der Waals surface area contributed by atoms with Gasteiger partial charge in [0, 0.05) is 19.4 Å². The second-order valence-corrected chi connectivity index (χ2v) is 7.10. The summed E-state index contributed by atoms with van der Waals surface area (Å²) in [5, 5.41) is 3.87. The first-order valence-electron chi connectivity index (χ1n) is 9.54. The fraction of sp³-hybridized carbons (Fsp3) is 0.304. The fourth-order valence-electron chi connectivity index (χ4n) is 3.27. The molecule has 6 nitrogen and oxygen atoms in total. The number of hydrogen-bond donors (Lipinski definition) is 1. The molecule has 1 N–H and O–H groups in total. The van der Waals surface area contributed by atoms with Gasteiger partial charge in [0.05, 0.1) is 25.6 Å². The van der Waals surface area contributed by atoms with E-state index in [1.54, 1.807) is 19.1 Å². The Morgan fingerprint density at radius 2 is 1.83 bits per heavy atom. The van der Waals surface area contributed by atoms with Crippen LogP contribution >= 0.6 is 0 Å². The van der Waals surface area contributed by atoms with Gasteiger partial charge < -0.3 is 19.4 Å². The van der Waals surface area contributed by atoms with Crippen LogP contribution in [0.4, 0.5) is 0 Å². The number of furan rings is 1.